The van der Waals surface area contributed by atoms with Crippen LogP contribution in [-0.4, -0.2) is 10.1 Å². The number of halogens is 1. The minimum Gasteiger partial charge on any atom is -0.388 e. The van der Waals surface area contributed by atoms with Crippen molar-refractivity contribution in [3.05, 3.63) is 63.9 Å². The van der Waals surface area contributed by atoms with Gasteiger partial charge in [-0.15, -0.1) is 0 Å². The summed E-state index contributed by atoms with van der Waals surface area (Å²) in [6, 6.07) is 9.50. The van der Waals surface area contributed by atoms with E-state index in [-0.39, 0.29) is 0 Å². The van der Waals surface area contributed by atoms with Gasteiger partial charge < -0.3 is 5.11 Å². The number of aliphatic hydroxyl groups is 1. The van der Waals surface area contributed by atoms with Gasteiger partial charge in [-0.3, -0.25) is 4.98 Å². The highest BCUT2D eigenvalue weighted by Gasteiger charge is 2.14. The number of aryl methyl sites for hydroxylation is 1. The van der Waals surface area contributed by atoms with Crippen LogP contribution in [0.15, 0.2) is 36.5 Å². The van der Waals surface area contributed by atoms with Crippen molar-refractivity contribution in [3.8, 4) is 0 Å². The van der Waals surface area contributed by atoms with Crippen LogP contribution in [-0.2, 0) is 6.42 Å². The lowest BCUT2D eigenvalue weighted by Crippen LogP contribution is -2.06. The Hall–Kier alpha value is -1.38. The maximum Gasteiger partial charge on any atom is 0.0848 e. The summed E-state index contributed by atoms with van der Waals surface area (Å²) in [6.07, 6.45) is 1.69. The smallest absolute Gasteiger partial charge is 0.0848 e. The van der Waals surface area contributed by atoms with Crippen LogP contribution in [0.1, 0.15) is 28.5 Å². The molecular formula is C15H16ClNO. The topological polar surface area (TPSA) is 33.1 Å². The largest absolute Gasteiger partial charge is 0.388 e. The molecule has 2 nitrogen and oxygen atoms in total. The minimum atomic E-state index is -0.572. The van der Waals surface area contributed by atoms with E-state index in [0.717, 1.165) is 22.4 Å². The van der Waals surface area contributed by atoms with E-state index in [0.29, 0.717) is 11.4 Å². The van der Waals surface area contributed by atoms with E-state index in [1.807, 2.05) is 44.2 Å². The number of rotatable bonds is 3. The highest BCUT2D eigenvalue weighted by Crippen LogP contribution is 2.26. The van der Waals surface area contributed by atoms with E-state index in [4.69, 9.17) is 11.6 Å². The van der Waals surface area contributed by atoms with Crippen molar-refractivity contribution in [2.24, 2.45) is 0 Å². The second kappa shape index (κ2) is 5.51. The molecule has 1 unspecified atom stereocenters. The first-order valence-corrected chi connectivity index (χ1v) is 6.31. The van der Waals surface area contributed by atoms with Crippen LogP contribution in [0.25, 0.3) is 0 Å². The molecule has 0 radical (unpaired) electrons. The molecule has 0 amide bonds. The minimum absolute atomic E-state index is 0.508. The molecule has 0 spiro atoms. The Kier molecular flexibility index (Phi) is 4.00. The molecule has 2 aromatic rings. The zero-order valence-electron chi connectivity index (χ0n) is 10.5. The van der Waals surface area contributed by atoms with E-state index < -0.39 is 6.10 Å². The molecule has 0 saturated carbocycles. The third-order valence-corrected chi connectivity index (χ3v) is 3.58. The van der Waals surface area contributed by atoms with Gasteiger partial charge in [-0.25, -0.2) is 0 Å². The standard InChI is InChI=1S/C15H16ClNO/c1-10-5-4-8-17-14(10)9-15(18)12-6-3-7-13(16)11(12)2/h3-8,15,18H,9H2,1-2H3. The summed E-state index contributed by atoms with van der Waals surface area (Å²) in [5.74, 6) is 0. The predicted octanol–water partition coefficient (Wildman–Crippen LogP) is 3.63. The van der Waals surface area contributed by atoms with E-state index in [9.17, 15) is 5.11 Å². The molecule has 94 valence electrons. The van der Waals surface area contributed by atoms with Gasteiger partial charge in [-0.2, -0.15) is 0 Å². The maximum absolute atomic E-state index is 10.3. The summed E-state index contributed by atoms with van der Waals surface area (Å²) in [6.45, 7) is 3.92. The van der Waals surface area contributed by atoms with Gasteiger partial charge in [0.2, 0.25) is 0 Å². The zero-order valence-corrected chi connectivity index (χ0v) is 11.3. The Morgan fingerprint density at radius 3 is 2.72 bits per heavy atom. The number of hydrogen-bond acceptors (Lipinski definition) is 2. The fraction of sp³-hybridized carbons (Fsp3) is 0.267. The van der Waals surface area contributed by atoms with Crippen molar-refractivity contribution < 1.29 is 5.11 Å². The molecule has 0 bridgehead atoms. The highest BCUT2D eigenvalue weighted by atomic mass is 35.5. The summed E-state index contributed by atoms with van der Waals surface area (Å²) >= 11 is 6.07. The molecule has 1 aromatic heterocycles. The van der Waals surface area contributed by atoms with Gasteiger partial charge in [0.25, 0.3) is 0 Å². The Bertz CT molecular complexity index is 554. The average Bonchev–Trinajstić information content (AvgIpc) is 2.35. The van der Waals surface area contributed by atoms with Crippen LogP contribution in [0, 0.1) is 13.8 Å². The van der Waals surface area contributed by atoms with Gasteiger partial charge in [0.15, 0.2) is 0 Å². The molecule has 2 rings (SSSR count). The van der Waals surface area contributed by atoms with E-state index in [1.165, 1.54) is 0 Å². The second-order valence-corrected chi connectivity index (χ2v) is 4.85. The van der Waals surface area contributed by atoms with Gasteiger partial charge in [0.05, 0.1) is 6.10 Å². The summed E-state index contributed by atoms with van der Waals surface area (Å²) < 4.78 is 0. The van der Waals surface area contributed by atoms with Crippen LogP contribution in [0.2, 0.25) is 5.02 Å². The molecule has 18 heavy (non-hydrogen) atoms. The number of aromatic nitrogens is 1. The molecule has 0 aliphatic rings. The lowest BCUT2D eigenvalue weighted by molar-refractivity contribution is 0.176. The first-order valence-electron chi connectivity index (χ1n) is 5.93. The van der Waals surface area contributed by atoms with Crippen molar-refractivity contribution >= 4 is 11.6 Å². The average molecular weight is 262 g/mol. The Morgan fingerprint density at radius 1 is 1.22 bits per heavy atom. The lowest BCUT2D eigenvalue weighted by Gasteiger charge is -2.15. The zero-order chi connectivity index (χ0) is 13.1. The summed E-state index contributed by atoms with van der Waals surface area (Å²) in [5, 5.41) is 11.0. The molecule has 0 saturated heterocycles. The molecule has 1 atom stereocenters. The summed E-state index contributed by atoms with van der Waals surface area (Å²) in [7, 11) is 0. The number of hydrogen-bond donors (Lipinski definition) is 1. The quantitative estimate of drug-likeness (QED) is 0.915. The molecule has 0 fully saturated rings. The second-order valence-electron chi connectivity index (χ2n) is 4.44. The third-order valence-electron chi connectivity index (χ3n) is 3.17. The molecule has 1 N–H and O–H groups in total. The van der Waals surface area contributed by atoms with Crippen molar-refractivity contribution in [3.63, 3.8) is 0 Å². The summed E-state index contributed by atoms with van der Waals surface area (Å²) in [5.41, 5.74) is 3.81. The van der Waals surface area contributed by atoms with Crippen LogP contribution in [0.3, 0.4) is 0 Å². The van der Waals surface area contributed by atoms with Crippen LogP contribution < -0.4 is 0 Å². The van der Waals surface area contributed by atoms with Crippen molar-refractivity contribution in [2.75, 3.05) is 0 Å². The van der Waals surface area contributed by atoms with Gasteiger partial charge in [0.1, 0.15) is 0 Å². The number of benzene rings is 1. The molecule has 1 aromatic carbocycles. The molecule has 3 heteroatoms. The van der Waals surface area contributed by atoms with Gasteiger partial charge >= 0.3 is 0 Å². The SMILES string of the molecule is Cc1cccnc1CC(O)c1cccc(Cl)c1C. The lowest BCUT2D eigenvalue weighted by atomic mass is 9.98. The number of pyridine rings is 1. The van der Waals surface area contributed by atoms with Gasteiger partial charge in [-0.05, 0) is 42.7 Å². The molecule has 0 aliphatic carbocycles. The maximum atomic E-state index is 10.3. The normalized spacial score (nSPS) is 12.4. The summed E-state index contributed by atoms with van der Waals surface area (Å²) in [4.78, 5) is 4.30. The van der Waals surface area contributed by atoms with Crippen molar-refractivity contribution in [2.45, 2.75) is 26.4 Å². The van der Waals surface area contributed by atoms with E-state index in [1.54, 1.807) is 6.20 Å². The van der Waals surface area contributed by atoms with Crippen molar-refractivity contribution in [1.29, 1.82) is 0 Å². The van der Waals surface area contributed by atoms with Gasteiger partial charge in [0, 0.05) is 23.3 Å². The first kappa shape index (κ1) is 13.1. The highest BCUT2D eigenvalue weighted by molar-refractivity contribution is 6.31. The van der Waals surface area contributed by atoms with Crippen LogP contribution in [0.4, 0.5) is 0 Å². The molecule has 1 heterocycles. The Labute approximate surface area is 112 Å². The first-order chi connectivity index (χ1) is 8.59. The fourth-order valence-corrected chi connectivity index (χ4v) is 2.19. The Morgan fingerprint density at radius 2 is 2.00 bits per heavy atom. The van der Waals surface area contributed by atoms with Crippen LogP contribution >= 0.6 is 11.6 Å². The fourth-order valence-electron chi connectivity index (χ4n) is 2.01. The predicted molar refractivity (Wildman–Crippen MR) is 73.8 cm³/mol. The number of nitrogens with zero attached hydrogens (tertiary/aromatic N) is 1. The number of aliphatic hydroxyl groups excluding tert-OH is 1. The third kappa shape index (κ3) is 2.71. The van der Waals surface area contributed by atoms with Crippen LogP contribution in [0.5, 0.6) is 0 Å². The molecule has 0 aliphatic heterocycles. The van der Waals surface area contributed by atoms with E-state index in [2.05, 4.69) is 4.98 Å². The van der Waals surface area contributed by atoms with Gasteiger partial charge in [-0.1, -0.05) is 29.8 Å². The molecular weight excluding hydrogens is 246 g/mol. The van der Waals surface area contributed by atoms with E-state index >= 15 is 0 Å². The van der Waals surface area contributed by atoms with Crippen molar-refractivity contribution in [1.82, 2.24) is 4.98 Å². The monoisotopic (exact) mass is 261 g/mol. The Balaban J connectivity index is 2.25.